The Balaban J connectivity index is 2.57. The van der Waals surface area contributed by atoms with E-state index in [1.54, 1.807) is 12.4 Å². The number of hydrogen-bond acceptors (Lipinski definition) is 5. The van der Waals surface area contributed by atoms with Crippen molar-refractivity contribution in [3.05, 3.63) is 23.2 Å². The predicted octanol–water partition coefficient (Wildman–Crippen LogP) is 0.402. The third-order valence-corrected chi connectivity index (χ3v) is 1.74. The molecule has 0 aromatic carbocycles. The number of rotatable bonds is 1. The fraction of sp³-hybridized carbons (Fsp3) is 0. The predicted molar refractivity (Wildman–Crippen MR) is 49.1 cm³/mol. The maximum Gasteiger partial charge on any atom is 0.218 e. The highest BCUT2D eigenvalue weighted by Gasteiger charge is 2.06. The van der Waals surface area contributed by atoms with Crippen molar-refractivity contribution in [2.75, 3.05) is 5.73 Å². The van der Waals surface area contributed by atoms with Gasteiger partial charge in [-0.25, -0.2) is 9.97 Å². The average molecular weight is 241 g/mol. The molecule has 7 heteroatoms. The minimum Gasteiger partial charge on any atom is -0.380 e. The molecule has 66 valence electrons. The molecule has 0 radical (unpaired) electrons. The Morgan fingerprint density at radius 2 is 2.00 bits per heavy atom. The summed E-state index contributed by atoms with van der Waals surface area (Å²) in [7, 11) is 0. The summed E-state index contributed by atoms with van der Waals surface area (Å²) in [6.07, 6.45) is 4.60. The van der Waals surface area contributed by atoms with Gasteiger partial charge in [0.1, 0.15) is 4.60 Å². The Labute approximate surface area is 81.9 Å². The van der Waals surface area contributed by atoms with Gasteiger partial charge in [-0.1, -0.05) is 0 Å². The van der Waals surface area contributed by atoms with E-state index < -0.39 is 0 Å². The van der Waals surface area contributed by atoms with Crippen LogP contribution in [0.2, 0.25) is 0 Å². The van der Waals surface area contributed by atoms with Crippen LogP contribution in [0.25, 0.3) is 5.82 Å². The summed E-state index contributed by atoms with van der Waals surface area (Å²) in [5, 5.41) is 7.78. The molecule has 0 saturated heterocycles. The van der Waals surface area contributed by atoms with Gasteiger partial charge in [-0.2, -0.15) is 10.2 Å². The summed E-state index contributed by atoms with van der Waals surface area (Å²) in [5.74, 6) is 0.707. The van der Waals surface area contributed by atoms with Crippen LogP contribution in [0.1, 0.15) is 0 Å². The number of nitrogens with zero attached hydrogens (tertiary/aromatic N) is 5. The fourth-order valence-electron chi connectivity index (χ4n) is 0.840. The lowest BCUT2D eigenvalue weighted by Crippen LogP contribution is -2.07. The van der Waals surface area contributed by atoms with Crippen LogP contribution < -0.4 is 5.73 Å². The molecule has 13 heavy (non-hydrogen) atoms. The smallest absolute Gasteiger partial charge is 0.218 e. The molecule has 0 saturated carbocycles. The molecule has 6 nitrogen and oxygen atoms in total. The molecule has 0 atom stereocenters. The lowest BCUT2D eigenvalue weighted by atomic mass is 10.6. The Kier molecular flexibility index (Phi) is 1.93. The Bertz CT molecular complexity index is 411. The zero-order valence-corrected chi connectivity index (χ0v) is 8.01. The molecule has 0 aliphatic rings. The Hall–Kier alpha value is -1.50. The lowest BCUT2D eigenvalue weighted by Gasteiger charge is -2.01. The van der Waals surface area contributed by atoms with Crippen LogP contribution in [0.3, 0.4) is 0 Å². The highest BCUT2D eigenvalue weighted by molar-refractivity contribution is 9.10. The van der Waals surface area contributed by atoms with Gasteiger partial charge in [-0.05, 0) is 15.9 Å². The van der Waals surface area contributed by atoms with E-state index in [1.165, 1.54) is 11.0 Å². The van der Waals surface area contributed by atoms with Crippen molar-refractivity contribution in [1.82, 2.24) is 25.0 Å². The summed E-state index contributed by atoms with van der Waals surface area (Å²) < 4.78 is 0.592. The molecule has 0 bridgehead atoms. The summed E-state index contributed by atoms with van der Waals surface area (Å²) in [6.45, 7) is 0. The first-order valence-corrected chi connectivity index (χ1v) is 4.21. The van der Waals surface area contributed by atoms with Gasteiger partial charge in [0.15, 0.2) is 5.82 Å². The SMILES string of the molecule is Nc1ncc(Br)nc1-n1nccn1. The zero-order chi connectivity index (χ0) is 9.26. The standard InChI is InChI=1S/C6H5BrN6/c7-4-3-9-5(8)6(12-4)13-10-1-2-11-13/h1-3H,(H2,8,9). The van der Waals surface area contributed by atoms with Crippen molar-refractivity contribution in [1.29, 1.82) is 0 Å². The Morgan fingerprint density at radius 1 is 1.31 bits per heavy atom. The number of hydrogen-bond donors (Lipinski definition) is 1. The number of halogens is 1. The first kappa shape index (κ1) is 8.11. The lowest BCUT2D eigenvalue weighted by molar-refractivity contribution is 0.725. The highest BCUT2D eigenvalue weighted by Crippen LogP contribution is 2.12. The summed E-state index contributed by atoms with van der Waals surface area (Å²) in [4.78, 5) is 9.30. The van der Waals surface area contributed by atoms with Crippen LogP contribution in [-0.4, -0.2) is 25.0 Å². The van der Waals surface area contributed by atoms with E-state index in [2.05, 4.69) is 36.1 Å². The molecular formula is C6H5BrN6. The number of nitrogen functional groups attached to an aromatic ring is 1. The van der Waals surface area contributed by atoms with E-state index in [9.17, 15) is 0 Å². The monoisotopic (exact) mass is 240 g/mol. The molecule has 2 rings (SSSR count). The maximum atomic E-state index is 5.59. The quantitative estimate of drug-likeness (QED) is 0.781. The van der Waals surface area contributed by atoms with Gasteiger partial charge in [0.05, 0.1) is 18.6 Å². The average Bonchev–Trinajstić information content (AvgIpc) is 2.61. The third-order valence-electron chi connectivity index (χ3n) is 1.36. The van der Waals surface area contributed by atoms with Gasteiger partial charge in [0.25, 0.3) is 0 Å². The molecular weight excluding hydrogens is 236 g/mol. The van der Waals surface area contributed by atoms with Gasteiger partial charge in [0.2, 0.25) is 5.82 Å². The Morgan fingerprint density at radius 3 is 2.69 bits per heavy atom. The van der Waals surface area contributed by atoms with Crippen molar-refractivity contribution < 1.29 is 0 Å². The molecule has 0 spiro atoms. The molecule has 2 aromatic rings. The fourth-order valence-corrected chi connectivity index (χ4v) is 1.11. The van der Waals surface area contributed by atoms with Gasteiger partial charge in [-0.15, -0.1) is 4.80 Å². The minimum atomic E-state index is 0.291. The zero-order valence-electron chi connectivity index (χ0n) is 6.42. The van der Waals surface area contributed by atoms with Crippen molar-refractivity contribution >= 4 is 21.7 Å². The van der Waals surface area contributed by atoms with Crippen LogP contribution in [0.4, 0.5) is 5.82 Å². The van der Waals surface area contributed by atoms with Crippen LogP contribution in [0.5, 0.6) is 0 Å². The van der Waals surface area contributed by atoms with E-state index in [1.807, 2.05) is 0 Å². The molecule has 2 heterocycles. The summed E-state index contributed by atoms with van der Waals surface area (Å²) in [6, 6.07) is 0. The minimum absolute atomic E-state index is 0.291. The number of anilines is 1. The summed E-state index contributed by atoms with van der Waals surface area (Å²) in [5.41, 5.74) is 5.59. The topological polar surface area (TPSA) is 82.5 Å². The van der Waals surface area contributed by atoms with Crippen LogP contribution >= 0.6 is 15.9 Å². The van der Waals surface area contributed by atoms with Gasteiger partial charge < -0.3 is 5.73 Å². The van der Waals surface area contributed by atoms with Crippen molar-refractivity contribution in [2.24, 2.45) is 0 Å². The van der Waals surface area contributed by atoms with Gasteiger partial charge >= 0.3 is 0 Å². The van der Waals surface area contributed by atoms with Crippen LogP contribution in [0.15, 0.2) is 23.2 Å². The molecule has 0 fully saturated rings. The second-order valence-electron chi connectivity index (χ2n) is 2.22. The maximum absolute atomic E-state index is 5.59. The van der Waals surface area contributed by atoms with Crippen molar-refractivity contribution in [3.8, 4) is 5.82 Å². The van der Waals surface area contributed by atoms with Gasteiger partial charge in [-0.3, -0.25) is 0 Å². The molecule has 0 aliphatic heterocycles. The van der Waals surface area contributed by atoms with Crippen LogP contribution in [-0.2, 0) is 0 Å². The largest absolute Gasteiger partial charge is 0.380 e. The van der Waals surface area contributed by atoms with E-state index in [4.69, 9.17) is 5.73 Å². The van der Waals surface area contributed by atoms with Crippen LogP contribution in [0, 0.1) is 0 Å². The second kappa shape index (κ2) is 3.09. The normalized spacial score (nSPS) is 10.2. The molecule has 0 amide bonds. The number of aromatic nitrogens is 5. The molecule has 2 aromatic heterocycles. The highest BCUT2D eigenvalue weighted by atomic mass is 79.9. The first-order chi connectivity index (χ1) is 6.27. The van der Waals surface area contributed by atoms with Crippen molar-refractivity contribution in [3.63, 3.8) is 0 Å². The number of nitrogens with two attached hydrogens (primary N) is 1. The summed E-state index contributed by atoms with van der Waals surface area (Å²) >= 11 is 3.18. The first-order valence-electron chi connectivity index (χ1n) is 3.42. The van der Waals surface area contributed by atoms with E-state index >= 15 is 0 Å². The van der Waals surface area contributed by atoms with Crippen molar-refractivity contribution in [2.45, 2.75) is 0 Å². The van der Waals surface area contributed by atoms with E-state index in [0.717, 1.165) is 0 Å². The molecule has 0 aliphatic carbocycles. The molecule has 2 N–H and O–H groups in total. The van der Waals surface area contributed by atoms with Gasteiger partial charge in [0, 0.05) is 0 Å². The molecule has 0 unspecified atom stereocenters. The van der Waals surface area contributed by atoms with E-state index in [-0.39, 0.29) is 0 Å². The second-order valence-corrected chi connectivity index (χ2v) is 3.03. The third kappa shape index (κ3) is 1.50. The van der Waals surface area contributed by atoms with E-state index in [0.29, 0.717) is 16.2 Å².